The van der Waals surface area contributed by atoms with Crippen LogP contribution < -0.4 is 5.32 Å². The van der Waals surface area contributed by atoms with Gasteiger partial charge < -0.3 is 0 Å². The van der Waals surface area contributed by atoms with Gasteiger partial charge in [0.1, 0.15) is 0 Å². The van der Waals surface area contributed by atoms with Crippen molar-refractivity contribution in [1.82, 2.24) is 41.2 Å². The summed E-state index contributed by atoms with van der Waals surface area (Å²) in [5.74, 6) is 0.661. The van der Waals surface area contributed by atoms with E-state index < -0.39 is 0 Å². The number of anilines is 1. The molecule has 2 aromatic heterocycles. The third-order valence-corrected chi connectivity index (χ3v) is 1.08. The molecule has 0 fully saturated rings. The predicted molar refractivity (Wildman–Crippen MR) is 54.1 cm³/mol. The average molecular weight is 462 g/mol. The van der Waals surface area contributed by atoms with E-state index in [0.717, 1.165) is 0 Å². The monoisotopic (exact) mass is 462 g/mol. The molecule has 18 heavy (non-hydrogen) atoms. The Morgan fingerprint density at radius 2 is 1.72 bits per heavy atom. The zero-order chi connectivity index (χ0) is 11.1. The van der Waals surface area contributed by atoms with Crippen LogP contribution in [0.15, 0.2) is 0 Å². The van der Waals surface area contributed by atoms with Gasteiger partial charge in [-0.1, -0.05) is 17.7 Å². The third kappa shape index (κ3) is 10.1. The first kappa shape index (κ1) is 22.1. The Balaban J connectivity index is -0.000000225. The molecular formula is C6H13N9OVW. The first-order valence-corrected chi connectivity index (χ1v) is 3.89. The maximum Gasteiger partial charge on any atom is 0.269 e. The van der Waals surface area contributed by atoms with Crippen LogP contribution in [-0.4, -0.2) is 47.2 Å². The van der Waals surface area contributed by atoms with Gasteiger partial charge in [0.25, 0.3) is 5.95 Å². The Morgan fingerprint density at radius 1 is 1.17 bits per heavy atom. The molecular weight excluding hydrogens is 449 g/mol. The van der Waals surface area contributed by atoms with Gasteiger partial charge in [0.2, 0.25) is 5.91 Å². The van der Waals surface area contributed by atoms with Crippen molar-refractivity contribution >= 4 is 11.9 Å². The van der Waals surface area contributed by atoms with Crippen molar-refractivity contribution in [2.75, 3.05) is 5.32 Å². The number of H-pyrrole nitrogens is 2. The maximum atomic E-state index is 10.3. The summed E-state index contributed by atoms with van der Waals surface area (Å²) in [6.45, 7) is 3.14. The summed E-state index contributed by atoms with van der Waals surface area (Å²) >= 11 is 0. The van der Waals surface area contributed by atoms with Gasteiger partial charge in [0, 0.05) is 46.5 Å². The van der Waals surface area contributed by atoms with E-state index in [-0.39, 0.29) is 58.9 Å². The maximum absolute atomic E-state index is 10.3. The van der Waals surface area contributed by atoms with Crippen LogP contribution in [0.1, 0.15) is 20.2 Å². The number of nitrogens with zero attached hydrogens (tertiary/aromatic N) is 6. The first-order valence-electron chi connectivity index (χ1n) is 3.89. The normalized spacial score (nSPS) is 7.44. The number of aromatic amines is 2. The number of rotatable bonds is 1. The van der Waals surface area contributed by atoms with Gasteiger partial charge in [-0.2, -0.15) is 10.4 Å². The minimum absolute atomic E-state index is 0. The Labute approximate surface area is 130 Å². The Kier molecular flexibility index (Phi) is 15.2. The zero-order valence-electron chi connectivity index (χ0n) is 8.95. The van der Waals surface area contributed by atoms with E-state index >= 15 is 0 Å². The topological polar surface area (TPSA) is 138 Å². The minimum Gasteiger partial charge on any atom is -0.292 e. The summed E-state index contributed by atoms with van der Waals surface area (Å²) < 4.78 is 0. The second-order valence-electron chi connectivity index (χ2n) is 2.38. The summed E-state index contributed by atoms with van der Waals surface area (Å²) in [6.07, 6.45) is 0. The summed E-state index contributed by atoms with van der Waals surface area (Å²) in [7, 11) is 0. The fourth-order valence-corrected chi connectivity index (χ4v) is 0.584. The molecule has 0 saturated heterocycles. The molecule has 0 aromatic carbocycles. The smallest absolute Gasteiger partial charge is 0.269 e. The van der Waals surface area contributed by atoms with E-state index in [4.69, 9.17) is 0 Å². The number of hydrogen-bond donors (Lipinski definition) is 3. The fourth-order valence-electron chi connectivity index (χ4n) is 0.584. The SMILES string of the molecule is C.CC(=O)Nc1nn[nH]n1.Cc1nn[nH]n1.[V].[W]. The van der Waals surface area contributed by atoms with Crippen molar-refractivity contribution in [1.29, 1.82) is 0 Å². The molecule has 0 saturated carbocycles. The molecule has 3 N–H and O–H groups in total. The number of tetrazole rings is 2. The van der Waals surface area contributed by atoms with Crippen molar-refractivity contribution in [3.63, 3.8) is 0 Å². The molecule has 1 amide bonds. The zero-order valence-corrected chi connectivity index (χ0v) is 13.3. The molecule has 2 rings (SSSR count). The van der Waals surface area contributed by atoms with E-state index in [1.165, 1.54) is 6.92 Å². The number of carbonyl (C=O) groups is 1. The quantitative estimate of drug-likeness (QED) is 0.510. The largest absolute Gasteiger partial charge is 0.292 e. The third-order valence-electron chi connectivity index (χ3n) is 1.08. The number of carbonyl (C=O) groups excluding carboxylic acids is 1. The van der Waals surface area contributed by atoms with Crippen LogP contribution in [0.3, 0.4) is 0 Å². The summed E-state index contributed by atoms with van der Waals surface area (Å²) in [5, 5.41) is 27.4. The molecule has 0 unspecified atom stereocenters. The average Bonchev–Trinajstić information content (AvgIpc) is 2.78. The van der Waals surface area contributed by atoms with Crippen LogP contribution in [0, 0.1) is 6.92 Å². The van der Waals surface area contributed by atoms with Crippen LogP contribution in [0.5, 0.6) is 0 Å². The van der Waals surface area contributed by atoms with Crippen LogP contribution >= 0.6 is 0 Å². The van der Waals surface area contributed by atoms with E-state index in [2.05, 4.69) is 46.6 Å². The van der Waals surface area contributed by atoms with Crippen molar-refractivity contribution in [3.05, 3.63) is 5.82 Å². The fraction of sp³-hybridized carbons (Fsp3) is 0.500. The molecule has 0 atom stereocenters. The number of hydrogen-bond acceptors (Lipinski definition) is 7. The molecule has 0 aliphatic carbocycles. The predicted octanol–water partition coefficient (Wildman–Crippen LogP) is -0.703. The molecule has 0 aliphatic rings. The second kappa shape index (κ2) is 12.3. The van der Waals surface area contributed by atoms with Crippen LogP contribution in [-0.2, 0) is 44.4 Å². The first-order chi connectivity index (χ1) is 7.18. The van der Waals surface area contributed by atoms with Gasteiger partial charge in [-0.25, -0.2) is 0 Å². The van der Waals surface area contributed by atoms with Crippen molar-refractivity contribution < 1.29 is 44.4 Å². The van der Waals surface area contributed by atoms with Gasteiger partial charge in [0.15, 0.2) is 5.82 Å². The number of amides is 1. The summed E-state index contributed by atoms with van der Waals surface area (Å²) in [5.41, 5.74) is 0. The second-order valence-corrected chi connectivity index (χ2v) is 2.38. The molecule has 0 bridgehead atoms. The minimum atomic E-state index is -0.212. The molecule has 10 nitrogen and oxygen atoms in total. The van der Waals surface area contributed by atoms with Gasteiger partial charge in [-0.05, 0) is 12.1 Å². The number of nitrogens with one attached hydrogen (secondary N) is 3. The van der Waals surface area contributed by atoms with Crippen molar-refractivity contribution in [2.24, 2.45) is 0 Å². The Hall–Kier alpha value is -1.12. The van der Waals surface area contributed by atoms with E-state index in [9.17, 15) is 4.79 Å². The van der Waals surface area contributed by atoms with E-state index in [1.807, 2.05) is 0 Å². The van der Waals surface area contributed by atoms with E-state index in [1.54, 1.807) is 6.92 Å². The van der Waals surface area contributed by atoms with Gasteiger partial charge in [-0.15, -0.1) is 15.3 Å². The number of aromatic nitrogens is 8. The van der Waals surface area contributed by atoms with E-state index in [0.29, 0.717) is 5.82 Å². The van der Waals surface area contributed by atoms with Crippen LogP contribution in [0.4, 0.5) is 5.95 Å². The molecule has 1 radical (unpaired) electrons. The van der Waals surface area contributed by atoms with Gasteiger partial charge in [0.05, 0.1) is 0 Å². The Morgan fingerprint density at radius 3 is 2.00 bits per heavy atom. The van der Waals surface area contributed by atoms with Crippen LogP contribution in [0.2, 0.25) is 0 Å². The van der Waals surface area contributed by atoms with Crippen molar-refractivity contribution in [3.8, 4) is 0 Å². The summed E-state index contributed by atoms with van der Waals surface area (Å²) in [6, 6.07) is 0. The van der Waals surface area contributed by atoms with Crippen LogP contribution in [0.25, 0.3) is 0 Å². The molecule has 0 spiro atoms. The summed E-state index contributed by atoms with van der Waals surface area (Å²) in [4.78, 5) is 10.3. The molecule has 2 heterocycles. The Bertz CT molecular complexity index is 391. The molecule has 2 aromatic rings. The molecule has 12 heteroatoms. The number of aryl methyl sites for hydroxylation is 1. The van der Waals surface area contributed by atoms with Gasteiger partial charge in [-0.3, -0.25) is 10.1 Å². The van der Waals surface area contributed by atoms with Gasteiger partial charge >= 0.3 is 0 Å². The molecule has 99 valence electrons. The standard InChI is InChI=1S/C3H5N5O.C2H4N4.CH4.V.W/c1-2(9)4-3-5-7-8-6-3;1-2-3-5-6-4-2;;;/h1H3,(H2,4,5,6,7,8,9);1H3,(H,3,4,5,6);1H4;;. The molecule has 0 aliphatic heterocycles. The van der Waals surface area contributed by atoms with Crippen molar-refractivity contribution in [2.45, 2.75) is 21.3 Å².